The molecule has 0 amide bonds. The summed E-state index contributed by atoms with van der Waals surface area (Å²) >= 11 is 1.99. The third-order valence-electron chi connectivity index (χ3n) is 0. The summed E-state index contributed by atoms with van der Waals surface area (Å²) in [6.45, 7) is -1.73. The molecule has 0 unspecified atom stereocenters. The molecule has 28 valence electrons. The van der Waals surface area contributed by atoms with Crippen LogP contribution < -0.4 is 0 Å². The summed E-state index contributed by atoms with van der Waals surface area (Å²) in [6, 6.07) is 0. The average Bonchev–Trinajstić information content (AvgIpc) is 0.811. The standard InChI is InChI=1S/H2O2P.Rh/c1-3-2;/h1-2H;/q-1;+1. The summed E-state index contributed by atoms with van der Waals surface area (Å²) in [5.74, 6) is 0. The van der Waals surface area contributed by atoms with Crippen LogP contribution in [-0.4, -0.2) is 9.79 Å². The van der Waals surface area contributed by atoms with Crippen LogP contribution >= 0.6 is 6.71 Å². The Hall–Kier alpha value is 0.973. The number of hydrogen-bond donors (Lipinski definition) is 2. The molecular weight excluding hydrogens is 166 g/mol. The van der Waals surface area contributed by atoms with Crippen molar-refractivity contribution in [1.82, 2.24) is 0 Å². The van der Waals surface area contributed by atoms with Crippen LogP contribution in [0.2, 0.25) is 0 Å². The average molecular weight is 168 g/mol. The first-order valence-electron chi connectivity index (χ1n) is 0.549. The predicted octanol–water partition coefficient (Wildman–Crippen LogP) is -0.255. The summed E-state index contributed by atoms with van der Waals surface area (Å²) in [6.07, 6.45) is 0. The predicted molar refractivity (Wildman–Crippen MR) is 11.4 cm³/mol. The molecule has 0 aliphatic carbocycles. The molecule has 0 aliphatic heterocycles. The van der Waals surface area contributed by atoms with Gasteiger partial charge in [0.25, 0.3) is 0 Å². The van der Waals surface area contributed by atoms with E-state index in [1.807, 2.05) is 17.8 Å². The van der Waals surface area contributed by atoms with Crippen molar-refractivity contribution in [1.29, 1.82) is 0 Å². The van der Waals surface area contributed by atoms with Crippen LogP contribution in [0.25, 0.3) is 0 Å². The van der Waals surface area contributed by atoms with Gasteiger partial charge in [-0.2, -0.15) is 0 Å². The van der Waals surface area contributed by atoms with Gasteiger partial charge < -0.3 is 0 Å². The fourth-order valence-corrected chi connectivity index (χ4v) is 0. The Balaban J connectivity index is 2.32. The van der Waals surface area contributed by atoms with Crippen molar-refractivity contribution in [3.05, 3.63) is 0 Å². The van der Waals surface area contributed by atoms with E-state index in [1.54, 1.807) is 0 Å². The summed E-state index contributed by atoms with van der Waals surface area (Å²) in [7, 11) is 0. The zero-order chi connectivity index (χ0) is 3.58. The first kappa shape index (κ1) is 4.97. The Bertz CT molecular complexity index is 10.8. The van der Waals surface area contributed by atoms with Gasteiger partial charge in [0.2, 0.25) is 0 Å². The summed E-state index contributed by atoms with van der Waals surface area (Å²) in [4.78, 5) is 15.3. The van der Waals surface area contributed by atoms with Gasteiger partial charge in [0.15, 0.2) is 0 Å². The molecule has 0 saturated heterocycles. The van der Waals surface area contributed by atoms with E-state index >= 15 is 0 Å². The Morgan fingerprint density at radius 3 is 1.50 bits per heavy atom. The van der Waals surface area contributed by atoms with Crippen LogP contribution in [0, 0.1) is 0 Å². The van der Waals surface area contributed by atoms with Gasteiger partial charge in [0, 0.05) is 0 Å². The topological polar surface area (TPSA) is 40.5 Å². The molecule has 0 rings (SSSR count). The Morgan fingerprint density at radius 2 is 1.50 bits per heavy atom. The van der Waals surface area contributed by atoms with Crippen LogP contribution in [0.5, 0.6) is 0 Å². The minimum atomic E-state index is -1.73. The van der Waals surface area contributed by atoms with E-state index in [0.717, 1.165) is 0 Å². The zero-order valence-corrected chi connectivity index (χ0v) is 4.21. The van der Waals surface area contributed by atoms with E-state index in [4.69, 9.17) is 9.79 Å². The van der Waals surface area contributed by atoms with Gasteiger partial charge in [-0.15, -0.1) is 0 Å². The number of rotatable bonds is 0. The van der Waals surface area contributed by atoms with Crippen LogP contribution in [0.1, 0.15) is 0 Å². The summed E-state index contributed by atoms with van der Waals surface area (Å²) in [5, 5.41) is 0. The first-order chi connectivity index (χ1) is 1.73. The molecule has 0 aromatic carbocycles. The van der Waals surface area contributed by atoms with Crippen molar-refractivity contribution in [2.75, 3.05) is 0 Å². The fourth-order valence-electron chi connectivity index (χ4n) is 0. The van der Waals surface area contributed by atoms with E-state index < -0.39 is 6.71 Å². The molecule has 4 heteroatoms. The SMILES string of the molecule is O[P](O)[Rh]. The Labute approximate surface area is 34.9 Å². The molecule has 0 radical (unpaired) electrons. The molecule has 0 bridgehead atoms. The van der Waals surface area contributed by atoms with Crippen molar-refractivity contribution >= 4 is 6.71 Å². The van der Waals surface area contributed by atoms with E-state index in [1.165, 1.54) is 0 Å². The van der Waals surface area contributed by atoms with Crippen LogP contribution in [0.15, 0.2) is 0 Å². The molecule has 0 aromatic heterocycles. The zero-order valence-electron chi connectivity index (χ0n) is 1.67. The minimum absolute atomic E-state index is 1.73. The second-order valence-corrected chi connectivity index (χ2v) is 2.63. The van der Waals surface area contributed by atoms with Crippen molar-refractivity contribution < 1.29 is 27.6 Å². The van der Waals surface area contributed by atoms with Crippen molar-refractivity contribution in [3.8, 4) is 0 Å². The van der Waals surface area contributed by atoms with Crippen molar-refractivity contribution in [2.24, 2.45) is 0 Å². The molecule has 0 atom stereocenters. The molecule has 2 nitrogen and oxygen atoms in total. The van der Waals surface area contributed by atoms with Gasteiger partial charge in [-0.05, 0) is 0 Å². The van der Waals surface area contributed by atoms with Gasteiger partial charge in [-0.1, -0.05) is 0 Å². The monoisotopic (exact) mass is 168 g/mol. The molecule has 0 aliphatic rings. The third kappa shape index (κ3) is 12.2. The second kappa shape index (κ2) is 2.23. The maximum atomic E-state index is 7.63. The van der Waals surface area contributed by atoms with Gasteiger partial charge >= 0.3 is 34.3 Å². The molecule has 0 heterocycles. The fraction of sp³-hybridized carbons (Fsp3) is 0. The second-order valence-electron chi connectivity index (χ2n) is 0.223. The molecule has 0 aromatic rings. The number of hydrogen-bond acceptors (Lipinski definition) is 2. The third-order valence-corrected chi connectivity index (χ3v) is 0. The van der Waals surface area contributed by atoms with Gasteiger partial charge in [-0.25, -0.2) is 0 Å². The van der Waals surface area contributed by atoms with Crippen molar-refractivity contribution in [3.63, 3.8) is 0 Å². The normalized spacial score (nSPS) is 9.25. The van der Waals surface area contributed by atoms with Crippen LogP contribution in [0.3, 0.4) is 0 Å². The quantitative estimate of drug-likeness (QED) is 0.386. The molecular formula is H2O2PRh. The molecule has 0 fully saturated rings. The van der Waals surface area contributed by atoms with E-state index in [-0.39, 0.29) is 0 Å². The molecule has 0 saturated carbocycles. The maximum absolute atomic E-state index is 7.63. The molecule has 4 heavy (non-hydrogen) atoms. The van der Waals surface area contributed by atoms with E-state index in [9.17, 15) is 0 Å². The first-order valence-corrected chi connectivity index (χ1v) is 3.85. The van der Waals surface area contributed by atoms with Gasteiger partial charge in [0.1, 0.15) is 0 Å². The van der Waals surface area contributed by atoms with E-state index in [0.29, 0.717) is 0 Å². The van der Waals surface area contributed by atoms with Gasteiger partial charge in [-0.3, -0.25) is 0 Å². The van der Waals surface area contributed by atoms with Crippen LogP contribution in [0.4, 0.5) is 0 Å². The van der Waals surface area contributed by atoms with Gasteiger partial charge in [0.05, 0.1) is 0 Å². The molecule has 2 N–H and O–H groups in total. The Kier molecular flexibility index (Phi) is 2.77. The molecule has 0 spiro atoms. The van der Waals surface area contributed by atoms with Crippen LogP contribution in [-0.2, 0) is 17.8 Å². The Morgan fingerprint density at radius 1 is 1.50 bits per heavy atom. The summed E-state index contributed by atoms with van der Waals surface area (Å²) < 4.78 is 0. The van der Waals surface area contributed by atoms with Crippen molar-refractivity contribution in [2.45, 2.75) is 0 Å². The van der Waals surface area contributed by atoms with E-state index in [2.05, 4.69) is 0 Å². The summed E-state index contributed by atoms with van der Waals surface area (Å²) in [5.41, 5.74) is 0.